The molecule has 0 atom stereocenters. The van der Waals surface area contributed by atoms with Crippen molar-refractivity contribution in [3.05, 3.63) is 12.7 Å². The molecule has 2 nitrogen and oxygen atoms in total. The molecular weight excluding hydrogens is 152 g/mol. The third kappa shape index (κ3) is 3.56. The van der Waals surface area contributed by atoms with Gasteiger partial charge in [-0.3, -0.25) is 4.79 Å². The fraction of sp³-hybridized carbons (Fsp3) is 0.700. The molecule has 0 unspecified atom stereocenters. The molecule has 0 spiro atoms. The van der Waals surface area contributed by atoms with E-state index < -0.39 is 0 Å². The molecule has 0 heterocycles. The summed E-state index contributed by atoms with van der Waals surface area (Å²) in [6, 6.07) is 0. The molecule has 0 aliphatic heterocycles. The molecule has 70 valence electrons. The van der Waals surface area contributed by atoms with Gasteiger partial charge in [0.05, 0.1) is 5.41 Å². The Bertz CT molecular complexity index is 159. The minimum Gasteiger partial charge on any atom is -0.461 e. The van der Waals surface area contributed by atoms with Crippen LogP contribution in [0, 0.1) is 5.41 Å². The van der Waals surface area contributed by atoms with Crippen molar-refractivity contribution in [1.29, 1.82) is 0 Å². The van der Waals surface area contributed by atoms with Gasteiger partial charge in [-0.15, -0.1) is 0 Å². The van der Waals surface area contributed by atoms with Gasteiger partial charge in [-0.1, -0.05) is 26.0 Å². The van der Waals surface area contributed by atoms with Crippen molar-refractivity contribution >= 4 is 5.97 Å². The highest BCUT2D eigenvalue weighted by atomic mass is 16.5. The summed E-state index contributed by atoms with van der Waals surface area (Å²) in [5.74, 6) is -0.135. The lowest BCUT2D eigenvalue weighted by atomic mass is 9.88. The highest BCUT2D eigenvalue weighted by molar-refractivity contribution is 5.75. The van der Waals surface area contributed by atoms with Gasteiger partial charge < -0.3 is 4.74 Å². The maximum Gasteiger partial charge on any atom is 0.311 e. The summed E-state index contributed by atoms with van der Waals surface area (Å²) < 4.78 is 4.95. The molecule has 0 aromatic rings. The number of carbonyl (C=O) groups excluding carboxylic acids is 1. The molecule has 0 fully saturated rings. The van der Waals surface area contributed by atoms with Crippen LogP contribution in [0.25, 0.3) is 0 Å². The van der Waals surface area contributed by atoms with Crippen LogP contribution in [0.3, 0.4) is 0 Å². The zero-order chi connectivity index (χ0) is 9.61. The molecule has 0 aromatic heterocycles. The fourth-order valence-corrected chi connectivity index (χ4v) is 1.06. The second kappa shape index (κ2) is 4.96. The molecule has 0 rings (SSSR count). The molecular formula is C10H18O2. The summed E-state index contributed by atoms with van der Waals surface area (Å²) in [7, 11) is 0. The van der Waals surface area contributed by atoms with E-state index in [4.69, 9.17) is 4.74 Å². The Morgan fingerprint density at radius 1 is 1.58 bits per heavy atom. The third-order valence-corrected chi connectivity index (χ3v) is 1.76. The zero-order valence-electron chi connectivity index (χ0n) is 8.22. The first-order chi connectivity index (χ1) is 5.54. The molecule has 0 saturated carbocycles. The van der Waals surface area contributed by atoms with E-state index in [-0.39, 0.29) is 11.4 Å². The second-order valence-electron chi connectivity index (χ2n) is 3.52. The Morgan fingerprint density at radius 3 is 2.58 bits per heavy atom. The van der Waals surface area contributed by atoms with Gasteiger partial charge in [0.25, 0.3) is 0 Å². The summed E-state index contributed by atoms with van der Waals surface area (Å²) in [5.41, 5.74) is -0.349. The Morgan fingerprint density at radius 2 is 2.17 bits per heavy atom. The highest BCUT2D eigenvalue weighted by Gasteiger charge is 2.27. The van der Waals surface area contributed by atoms with Gasteiger partial charge in [0.2, 0.25) is 0 Å². The molecule has 12 heavy (non-hydrogen) atoms. The van der Waals surface area contributed by atoms with Crippen molar-refractivity contribution in [1.82, 2.24) is 0 Å². The van der Waals surface area contributed by atoms with Crippen LogP contribution in [0.4, 0.5) is 0 Å². The number of carbonyl (C=O) groups is 1. The first-order valence-corrected chi connectivity index (χ1v) is 4.32. The summed E-state index contributed by atoms with van der Waals surface area (Å²) in [6.07, 6.45) is 3.44. The molecule has 0 N–H and O–H groups in total. The van der Waals surface area contributed by atoms with Gasteiger partial charge in [-0.2, -0.15) is 0 Å². The molecule has 0 radical (unpaired) electrons. The Balaban J connectivity index is 3.96. The van der Waals surface area contributed by atoms with Crippen molar-refractivity contribution < 1.29 is 9.53 Å². The molecule has 0 amide bonds. The number of ether oxygens (including phenoxy) is 1. The van der Waals surface area contributed by atoms with Crippen LogP contribution in [0.15, 0.2) is 12.7 Å². The Hall–Kier alpha value is -0.790. The minimum absolute atomic E-state index is 0.135. The number of esters is 1. The van der Waals surface area contributed by atoms with Crippen molar-refractivity contribution in [3.63, 3.8) is 0 Å². The second-order valence-corrected chi connectivity index (χ2v) is 3.52. The van der Waals surface area contributed by atoms with Crippen LogP contribution in [0.5, 0.6) is 0 Å². The van der Waals surface area contributed by atoms with E-state index in [1.807, 2.05) is 13.8 Å². The largest absolute Gasteiger partial charge is 0.461 e. The van der Waals surface area contributed by atoms with Gasteiger partial charge in [0.1, 0.15) is 6.61 Å². The van der Waals surface area contributed by atoms with Crippen LogP contribution in [0.1, 0.15) is 33.6 Å². The topological polar surface area (TPSA) is 26.3 Å². The molecule has 0 aliphatic carbocycles. The van der Waals surface area contributed by atoms with Crippen LogP contribution in [0.2, 0.25) is 0 Å². The van der Waals surface area contributed by atoms with E-state index in [1.54, 1.807) is 6.08 Å². The van der Waals surface area contributed by atoms with Gasteiger partial charge in [-0.25, -0.2) is 0 Å². The van der Waals surface area contributed by atoms with E-state index in [0.29, 0.717) is 6.61 Å². The summed E-state index contributed by atoms with van der Waals surface area (Å²) in [4.78, 5) is 11.3. The first kappa shape index (κ1) is 11.2. The molecule has 0 bridgehead atoms. The third-order valence-electron chi connectivity index (χ3n) is 1.76. The van der Waals surface area contributed by atoms with E-state index in [0.717, 1.165) is 12.8 Å². The van der Waals surface area contributed by atoms with Crippen molar-refractivity contribution in [2.24, 2.45) is 5.41 Å². The number of hydrogen-bond acceptors (Lipinski definition) is 2. The molecule has 0 saturated heterocycles. The van der Waals surface area contributed by atoms with E-state index in [1.165, 1.54) is 0 Å². The van der Waals surface area contributed by atoms with Crippen LogP contribution in [-0.2, 0) is 9.53 Å². The molecule has 0 aromatic carbocycles. The van der Waals surface area contributed by atoms with E-state index >= 15 is 0 Å². The van der Waals surface area contributed by atoms with Crippen LogP contribution in [-0.4, -0.2) is 12.6 Å². The SMILES string of the molecule is C=CCOC(=O)C(C)(C)CCC. The van der Waals surface area contributed by atoms with Crippen molar-refractivity contribution in [2.75, 3.05) is 6.61 Å². The van der Waals surface area contributed by atoms with Gasteiger partial charge >= 0.3 is 5.97 Å². The van der Waals surface area contributed by atoms with Crippen molar-refractivity contribution in [3.8, 4) is 0 Å². The lowest BCUT2D eigenvalue weighted by Crippen LogP contribution is -2.26. The van der Waals surface area contributed by atoms with E-state index in [2.05, 4.69) is 13.5 Å². The summed E-state index contributed by atoms with van der Waals surface area (Å²) >= 11 is 0. The van der Waals surface area contributed by atoms with Crippen LogP contribution < -0.4 is 0 Å². The number of hydrogen-bond donors (Lipinski definition) is 0. The predicted molar refractivity (Wildman–Crippen MR) is 49.8 cm³/mol. The van der Waals surface area contributed by atoms with Gasteiger partial charge in [-0.05, 0) is 20.3 Å². The normalized spacial score (nSPS) is 10.9. The van der Waals surface area contributed by atoms with Gasteiger partial charge in [0, 0.05) is 0 Å². The lowest BCUT2D eigenvalue weighted by Gasteiger charge is -2.20. The van der Waals surface area contributed by atoms with E-state index in [9.17, 15) is 4.79 Å². The Kier molecular flexibility index (Phi) is 4.64. The average molecular weight is 170 g/mol. The van der Waals surface area contributed by atoms with Gasteiger partial charge in [0.15, 0.2) is 0 Å². The smallest absolute Gasteiger partial charge is 0.311 e. The maximum atomic E-state index is 11.3. The average Bonchev–Trinajstić information content (AvgIpc) is 2.00. The van der Waals surface area contributed by atoms with Crippen LogP contribution >= 0.6 is 0 Å². The summed E-state index contributed by atoms with van der Waals surface area (Å²) in [6.45, 7) is 9.66. The minimum atomic E-state index is -0.349. The lowest BCUT2D eigenvalue weighted by molar-refractivity contribution is -0.153. The quantitative estimate of drug-likeness (QED) is 0.468. The van der Waals surface area contributed by atoms with Crippen molar-refractivity contribution in [2.45, 2.75) is 33.6 Å². The fourth-order valence-electron chi connectivity index (χ4n) is 1.06. The summed E-state index contributed by atoms with van der Waals surface area (Å²) in [5, 5.41) is 0. The molecule has 2 heteroatoms. The maximum absolute atomic E-state index is 11.3. The molecule has 0 aliphatic rings. The first-order valence-electron chi connectivity index (χ1n) is 4.32. The highest BCUT2D eigenvalue weighted by Crippen LogP contribution is 2.23. The number of rotatable bonds is 5. The monoisotopic (exact) mass is 170 g/mol. The Labute approximate surface area is 74.6 Å². The standard InChI is InChI=1S/C10H18O2/c1-5-7-10(3,4)9(11)12-8-6-2/h6H,2,5,7-8H2,1,3-4H3. The zero-order valence-corrected chi connectivity index (χ0v) is 8.22. The predicted octanol–water partition coefficient (Wildman–Crippen LogP) is 2.54.